The van der Waals surface area contributed by atoms with Gasteiger partial charge in [0.25, 0.3) is 0 Å². The van der Waals surface area contributed by atoms with Crippen LogP contribution in [0.4, 0.5) is 0 Å². The quantitative estimate of drug-likeness (QED) is 0.734. The number of rotatable bonds is 7. The maximum absolute atomic E-state index is 12.2. The number of hydrogen-bond donors (Lipinski definition) is 0. The smallest absolute Gasteiger partial charge is 0.176 e. The third-order valence-electron chi connectivity index (χ3n) is 3.13. The molecule has 0 atom stereocenters. The second kappa shape index (κ2) is 7.22. The van der Waals surface area contributed by atoms with Gasteiger partial charge in [-0.1, -0.05) is 18.2 Å². The Morgan fingerprint density at radius 1 is 1.30 bits per heavy atom. The fourth-order valence-electron chi connectivity index (χ4n) is 1.97. The van der Waals surface area contributed by atoms with Crippen LogP contribution in [0.15, 0.2) is 41.8 Å². The zero-order valence-electron chi connectivity index (χ0n) is 11.8. The van der Waals surface area contributed by atoms with Gasteiger partial charge in [0.15, 0.2) is 5.78 Å². The van der Waals surface area contributed by atoms with Gasteiger partial charge in [0.2, 0.25) is 0 Å². The van der Waals surface area contributed by atoms with Gasteiger partial charge in [-0.2, -0.15) is 0 Å². The first-order valence-corrected chi connectivity index (χ1v) is 7.45. The molecule has 0 bridgehead atoms. The topological polar surface area (TPSA) is 29.5 Å². The zero-order valence-corrected chi connectivity index (χ0v) is 12.7. The van der Waals surface area contributed by atoms with E-state index < -0.39 is 0 Å². The number of carbonyl (C=O) groups excluding carboxylic acids is 1. The van der Waals surface area contributed by atoms with Crippen molar-refractivity contribution in [3.8, 4) is 5.75 Å². The van der Waals surface area contributed by atoms with Crippen molar-refractivity contribution in [1.82, 2.24) is 4.90 Å². The Labute approximate surface area is 123 Å². The van der Waals surface area contributed by atoms with Crippen molar-refractivity contribution in [3.05, 3.63) is 52.2 Å². The highest BCUT2D eigenvalue weighted by atomic mass is 32.1. The Kier molecular flexibility index (Phi) is 5.32. The van der Waals surface area contributed by atoms with Crippen molar-refractivity contribution in [1.29, 1.82) is 0 Å². The van der Waals surface area contributed by atoms with E-state index in [0.29, 0.717) is 12.1 Å². The second-order valence-electron chi connectivity index (χ2n) is 4.72. The van der Waals surface area contributed by atoms with Crippen molar-refractivity contribution in [3.63, 3.8) is 0 Å². The molecule has 0 unspecified atom stereocenters. The molecule has 0 fully saturated rings. The van der Waals surface area contributed by atoms with E-state index in [9.17, 15) is 4.79 Å². The first-order valence-electron chi connectivity index (χ1n) is 6.57. The molecular formula is C16H19NO2S. The molecular weight excluding hydrogens is 270 g/mol. The molecule has 0 N–H and O–H groups in total. The summed E-state index contributed by atoms with van der Waals surface area (Å²) in [6, 6.07) is 11.5. The van der Waals surface area contributed by atoms with E-state index in [1.165, 1.54) is 4.88 Å². The molecule has 0 amide bonds. The van der Waals surface area contributed by atoms with Crippen molar-refractivity contribution in [2.24, 2.45) is 0 Å². The maximum atomic E-state index is 12.2. The average Bonchev–Trinajstić information content (AvgIpc) is 2.98. The molecule has 2 rings (SSSR count). The summed E-state index contributed by atoms with van der Waals surface area (Å²) in [6.45, 7) is 1.31. The van der Waals surface area contributed by atoms with Gasteiger partial charge < -0.3 is 4.74 Å². The molecule has 0 spiro atoms. The van der Waals surface area contributed by atoms with Crippen LogP contribution in [-0.2, 0) is 6.42 Å². The van der Waals surface area contributed by atoms with Crippen LogP contribution >= 0.6 is 11.3 Å². The first-order chi connectivity index (χ1) is 9.69. The summed E-state index contributed by atoms with van der Waals surface area (Å²) < 4.78 is 5.14. The largest absolute Gasteiger partial charge is 0.497 e. The maximum Gasteiger partial charge on any atom is 0.176 e. The SMILES string of the molecule is COc1cccc(C(=O)CN(C)CCc2cccs2)c1. The molecule has 20 heavy (non-hydrogen) atoms. The molecule has 1 aromatic carbocycles. The van der Waals surface area contributed by atoms with Crippen molar-refractivity contribution < 1.29 is 9.53 Å². The van der Waals surface area contributed by atoms with Crippen molar-refractivity contribution in [2.45, 2.75) is 6.42 Å². The van der Waals surface area contributed by atoms with Crippen LogP contribution in [-0.4, -0.2) is 37.9 Å². The minimum atomic E-state index is 0.123. The molecule has 0 aliphatic carbocycles. The number of nitrogens with zero attached hydrogens (tertiary/aromatic N) is 1. The molecule has 106 valence electrons. The zero-order chi connectivity index (χ0) is 14.4. The van der Waals surface area contributed by atoms with E-state index in [1.54, 1.807) is 24.5 Å². The van der Waals surface area contributed by atoms with Crippen LogP contribution < -0.4 is 4.74 Å². The summed E-state index contributed by atoms with van der Waals surface area (Å²) in [5, 5.41) is 2.08. The Balaban J connectivity index is 1.86. The predicted octanol–water partition coefficient (Wildman–Crippen LogP) is 3.11. The Morgan fingerprint density at radius 3 is 2.85 bits per heavy atom. The van der Waals surface area contributed by atoms with Gasteiger partial charge in [0.05, 0.1) is 13.7 Å². The third-order valence-corrected chi connectivity index (χ3v) is 4.06. The number of likely N-dealkylation sites (N-methyl/N-ethyl adjacent to an activating group) is 1. The van der Waals surface area contributed by atoms with Gasteiger partial charge >= 0.3 is 0 Å². The third kappa shape index (κ3) is 4.18. The Morgan fingerprint density at radius 2 is 2.15 bits per heavy atom. The minimum absolute atomic E-state index is 0.123. The van der Waals surface area contributed by atoms with Crippen LogP contribution in [0, 0.1) is 0 Å². The summed E-state index contributed by atoms with van der Waals surface area (Å²) in [5.74, 6) is 0.842. The molecule has 1 heterocycles. The van der Waals surface area contributed by atoms with Crippen LogP contribution in [0.2, 0.25) is 0 Å². The predicted molar refractivity (Wildman–Crippen MR) is 82.8 cm³/mol. The van der Waals surface area contributed by atoms with Gasteiger partial charge in [-0.25, -0.2) is 0 Å². The Bertz CT molecular complexity index is 551. The van der Waals surface area contributed by atoms with E-state index in [0.717, 1.165) is 18.7 Å². The highest BCUT2D eigenvalue weighted by molar-refractivity contribution is 7.09. The van der Waals surface area contributed by atoms with Gasteiger partial charge in [0.1, 0.15) is 5.75 Å². The normalized spacial score (nSPS) is 10.8. The van der Waals surface area contributed by atoms with E-state index in [1.807, 2.05) is 25.2 Å². The van der Waals surface area contributed by atoms with Crippen molar-refractivity contribution in [2.75, 3.05) is 27.2 Å². The number of hydrogen-bond acceptors (Lipinski definition) is 4. The van der Waals surface area contributed by atoms with Crippen LogP contribution in [0.25, 0.3) is 0 Å². The van der Waals surface area contributed by atoms with Gasteiger partial charge in [-0.05, 0) is 37.0 Å². The van der Waals surface area contributed by atoms with Crippen molar-refractivity contribution >= 4 is 17.1 Å². The molecule has 0 saturated heterocycles. The number of ketones is 1. The fourth-order valence-corrected chi connectivity index (χ4v) is 2.67. The standard InChI is InChI=1S/C16H19NO2S/c1-17(9-8-15-7-4-10-20-15)12-16(18)13-5-3-6-14(11-13)19-2/h3-7,10-11H,8-9,12H2,1-2H3. The molecule has 2 aromatic rings. The lowest BCUT2D eigenvalue weighted by molar-refractivity contribution is 0.0946. The lowest BCUT2D eigenvalue weighted by Gasteiger charge is -2.15. The number of thiophene rings is 1. The number of methoxy groups -OCH3 is 1. The number of Topliss-reactive ketones (excluding diaryl/α,β-unsaturated/α-hetero) is 1. The van der Waals surface area contributed by atoms with Gasteiger partial charge in [-0.3, -0.25) is 9.69 Å². The monoisotopic (exact) mass is 289 g/mol. The summed E-state index contributed by atoms with van der Waals surface area (Å²) in [4.78, 5) is 15.6. The van der Waals surface area contributed by atoms with Gasteiger partial charge in [0, 0.05) is 17.0 Å². The molecule has 3 nitrogen and oxygen atoms in total. The van der Waals surface area contributed by atoms with Crippen LogP contribution in [0.5, 0.6) is 5.75 Å². The Hall–Kier alpha value is -1.65. The van der Waals surface area contributed by atoms with Gasteiger partial charge in [-0.15, -0.1) is 11.3 Å². The summed E-state index contributed by atoms with van der Waals surface area (Å²) in [6.07, 6.45) is 0.986. The minimum Gasteiger partial charge on any atom is -0.497 e. The van der Waals surface area contributed by atoms with Crippen LogP contribution in [0.3, 0.4) is 0 Å². The summed E-state index contributed by atoms with van der Waals surface area (Å²) in [7, 11) is 3.59. The molecule has 0 radical (unpaired) electrons. The number of ether oxygens (including phenoxy) is 1. The van der Waals surface area contributed by atoms with Crippen LogP contribution in [0.1, 0.15) is 15.2 Å². The lowest BCUT2D eigenvalue weighted by Crippen LogP contribution is -2.27. The molecule has 1 aromatic heterocycles. The molecule has 4 heteroatoms. The van der Waals surface area contributed by atoms with E-state index in [2.05, 4.69) is 22.4 Å². The number of carbonyl (C=O) groups is 1. The lowest BCUT2D eigenvalue weighted by atomic mass is 10.1. The average molecular weight is 289 g/mol. The summed E-state index contributed by atoms with van der Waals surface area (Å²) in [5.41, 5.74) is 0.701. The fraction of sp³-hybridized carbons (Fsp3) is 0.312. The molecule has 0 saturated carbocycles. The first kappa shape index (κ1) is 14.8. The van der Waals surface area contributed by atoms with E-state index in [-0.39, 0.29) is 5.78 Å². The molecule has 0 aliphatic rings. The van der Waals surface area contributed by atoms with E-state index >= 15 is 0 Å². The number of benzene rings is 1. The molecule has 0 aliphatic heterocycles. The summed E-state index contributed by atoms with van der Waals surface area (Å²) >= 11 is 1.76. The highest BCUT2D eigenvalue weighted by Gasteiger charge is 2.10. The second-order valence-corrected chi connectivity index (χ2v) is 5.75. The van der Waals surface area contributed by atoms with E-state index in [4.69, 9.17) is 4.74 Å². The highest BCUT2D eigenvalue weighted by Crippen LogP contribution is 2.14.